The highest BCUT2D eigenvalue weighted by atomic mass is 19.4. The van der Waals surface area contributed by atoms with E-state index < -0.39 is 12.0 Å². The van der Waals surface area contributed by atoms with Gasteiger partial charge >= 0.3 is 6.18 Å². The van der Waals surface area contributed by atoms with Gasteiger partial charge in [0, 0.05) is 35.5 Å². The van der Waals surface area contributed by atoms with E-state index in [0.29, 0.717) is 28.5 Å². The molecular formula is C18H15F3N8O. The summed E-state index contributed by atoms with van der Waals surface area (Å²) in [4.78, 5) is 24.4. The van der Waals surface area contributed by atoms with Crippen LogP contribution >= 0.6 is 0 Å². The normalized spacial score (nSPS) is 11.8. The number of carbonyl (C=O) groups excluding carboxylic acids is 1. The number of carbonyl (C=O) groups is 1. The summed E-state index contributed by atoms with van der Waals surface area (Å²) in [5, 5.41) is 10.4. The maximum Gasteiger partial charge on any atom is 0.453 e. The number of pyridine rings is 1. The molecule has 0 aliphatic carbocycles. The largest absolute Gasteiger partial charge is 0.453 e. The molecule has 0 spiro atoms. The molecule has 12 heteroatoms. The van der Waals surface area contributed by atoms with Gasteiger partial charge in [-0.25, -0.2) is 19.2 Å². The summed E-state index contributed by atoms with van der Waals surface area (Å²) < 4.78 is 41.3. The van der Waals surface area contributed by atoms with Gasteiger partial charge in [-0.1, -0.05) is 0 Å². The van der Waals surface area contributed by atoms with Crippen molar-refractivity contribution < 1.29 is 18.0 Å². The van der Waals surface area contributed by atoms with Gasteiger partial charge in [0.2, 0.25) is 5.91 Å². The van der Waals surface area contributed by atoms with Crippen LogP contribution in [0.2, 0.25) is 0 Å². The molecule has 0 fully saturated rings. The van der Waals surface area contributed by atoms with Crippen molar-refractivity contribution in [2.75, 3.05) is 5.32 Å². The molecule has 4 aromatic heterocycles. The summed E-state index contributed by atoms with van der Waals surface area (Å²) in [6.45, 7) is 3.18. The van der Waals surface area contributed by atoms with E-state index >= 15 is 0 Å². The van der Waals surface area contributed by atoms with Crippen LogP contribution in [0.4, 0.5) is 18.9 Å². The van der Waals surface area contributed by atoms with E-state index in [9.17, 15) is 18.0 Å². The molecule has 1 N–H and O–H groups in total. The third-order valence-electron chi connectivity index (χ3n) is 4.42. The number of halogens is 3. The second-order valence-corrected chi connectivity index (χ2v) is 6.46. The van der Waals surface area contributed by atoms with Crippen LogP contribution < -0.4 is 5.32 Å². The smallest absolute Gasteiger partial charge is 0.323 e. The third-order valence-corrected chi connectivity index (χ3v) is 4.42. The molecule has 0 saturated heterocycles. The zero-order valence-electron chi connectivity index (χ0n) is 15.8. The van der Waals surface area contributed by atoms with Crippen LogP contribution in [0, 0.1) is 13.8 Å². The molecule has 0 unspecified atom stereocenters. The molecule has 154 valence electrons. The van der Waals surface area contributed by atoms with Gasteiger partial charge in [0.15, 0.2) is 5.82 Å². The number of hydrogen-bond donors (Lipinski definition) is 1. The Morgan fingerprint density at radius 1 is 1.17 bits per heavy atom. The zero-order valence-corrected chi connectivity index (χ0v) is 15.8. The van der Waals surface area contributed by atoms with Gasteiger partial charge in [-0.2, -0.15) is 23.3 Å². The molecule has 1 amide bonds. The molecular weight excluding hydrogens is 401 g/mol. The maximum absolute atomic E-state index is 12.9. The van der Waals surface area contributed by atoms with E-state index in [-0.39, 0.29) is 18.1 Å². The lowest BCUT2D eigenvalue weighted by Gasteiger charge is -2.12. The Balaban J connectivity index is 1.63. The molecule has 0 atom stereocenters. The van der Waals surface area contributed by atoms with Crippen LogP contribution in [0.25, 0.3) is 11.6 Å². The highest BCUT2D eigenvalue weighted by molar-refractivity contribution is 5.94. The minimum absolute atomic E-state index is 0.116. The average Bonchev–Trinajstić information content (AvgIpc) is 3.35. The quantitative estimate of drug-likeness (QED) is 0.548. The predicted octanol–water partition coefficient (Wildman–Crippen LogP) is 2.52. The molecule has 4 heterocycles. The van der Waals surface area contributed by atoms with E-state index in [4.69, 9.17) is 0 Å². The molecule has 0 saturated carbocycles. The number of rotatable bonds is 4. The van der Waals surface area contributed by atoms with Gasteiger partial charge in [-0.3, -0.25) is 4.79 Å². The fourth-order valence-electron chi connectivity index (χ4n) is 3.01. The average molecular weight is 416 g/mol. The fraction of sp³-hybridized carbons (Fsp3) is 0.222. The van der Waals surface area contributed by atoms with E-state index in [1.807, 2.05) is 0 Å². The molecule has 4 aromatic rings. The molecule has 0 aliphatic rings. The topological polar surface area (TPSA) is 103 Å². The summed E-state index contributed by atoms with van der Waals surface area (Å²) in [6.07, 6.45) is 0.0418. The van der Waals surface area contributed by atoms with Crippen LogP contribution in [0.15, 0.2) is 36.8 Å². The molecule has 30 heavy (non-hydrogen) atoms. The number of alkyl halides is 3. The van der Waals surface area contributed by atoms with Crippen LogP contribution in [0.1, 0.15) is 22.8 Å². The Hall–Kier alpha value is -3.83. The summed E-state index contributed by atoms with van der Waals surface area (Å²) in [6, 6.07) is 5.07. The number of aromatic nitrogens is 7. The van der Waals surface area contributed by atoms with Crippen LogP contribution in [-0.2, 0) is 17.4 Å². The van der Waals surface area contributed by atoms with Crippen LogP contribution in [0.5, 0.6) is 0 Å². The van der Waals surface area contributed by atoms with Crippen molar-refractivity contribution in [2.24, 2.45) is 0 Å². The van der Waals surface area contributed by atoms with Crippen molar-refractivity contribution in [1.82, 2.24) is 34.3 Å². The Kier molecular flexibility index (Phi) is 4.68. The first-order valence-electron chi connectivity index (χ1n) is 8.79. The van der Waals surface area contributed by atoms with Gasteiger partial charge < -0.3 is 5.32 Å². The van der Waals surface area contributed by atoms with Crippen molar-refractivity contribution >= 4 is 17.4 Å². The lowest BCUT2D eigenvalue weighted by atomic mass is 10.1. The van der Waals surface area contributed by atoms with Gasteiger partial charge in [-0.05, 0) is 32.0 Å². The number of nitrogens with one attached hydrogen (secondary N) is 1. The zero-order chi connectivity index (χ0) is 21.5. The van der Waals surface area contributed by atoms with Crippen LogP contribution in [0.3, 0.4) is 0 Å². The first-order chi connectivity index (χ1) is 14.2. The monoisotopic (exact) mass is 416 g/mol. The van der Waals surface area contributed by atoms with Crippen molar-refractivity contribution in [3.05, 3.63) is 59.6 Å². The van der Waals surface area contributed by atoms with E-state index in [0.717, 1.165) is 4.52 Å². The van der Waals surface area contributed by atoms with Crippen molar-refractivity contribution in [3.63, 3.8) is 0 Å². The standard InChI is InChI=1S/C18H15F3N8O/c1-10-12(11(2)29-17(24-10)26-16(27-29)18(19,20)21)9-14(30)25-13-5-3-6-22-15(13)28-8-4-7-23-28/h3-8H,9H2,1-2H3,(H,25,30). The highest BCUT2D eigenvalue weighted by Gasteiger charge is 2.37. The Morgan fingerprint density at radius 2 is 1.97 bits per heavy atom. The fourth-order valence-corrected chi connectivity index (χ4v) is 3.01. The summed E-state index contributed by atoms with van der Waals surface area (Å²) >= 11 is 0. The van der Waals surface area contributed by atoms with E-state index in [2.05, 4.69) is 30.5 Å². The maximum atomic E-state index is 12.9. The van der Waals surface area contributed by atoms with E-state index in [1.54, 1.807) is 50.6 Å². The molecule has 0 bridgehead atoms. The minimum atomic E-state index is -4.69. The molecule has 9 nitrogen and oxygen atoms in total. The lowest BCUT2D eigenvalue weighted by molar-refractivity contribution is -0.144. The number of nitrogens with zero attached hydrogens (tertiary/aromatic N) is 7. The molecule has 0 aliphatic heterocycles. The second-order valence-electron chi connectivity index (χ2n) is 6.46. The molecule has 0 aromatic carbocycles. The SMILES string of the molecule is Cc1nc2nc(C(F)(F)F)nn2c(C)c1CC(=O)Nc1cccnc1-n1cccn1. The third kappa shape index (κ3) is 3.58. The first-order valence-corrected chi connectivity index (χ1v) is 8.79. The number of fused-ring (bicyclic) bond motifs is 1. The molecule has 4 rings (SSSR count). The summed E-state index contributed by atoms with van der Waals surface area (Å²) in [5.41, 5.74) is 1.66. The Bertz CT molecular complexity index is 1230. The summed E-state index contributed by atoms with van der Waals surface area (Å²) in [7, 11) is 0. The van der Waals surface area contributed by atoms with E-state index in [1.165, 1.54) is 4.68 Å². The summed E-state index contributed by atoms with van der Waals surface area (Å²) in [5.74, 6) is -1.41. The number of hydrogen-bond acceptors (Lipinski definition) is 6. The Morgan fingerprint density at radius 3 is 2.67 bits per heavy atom. The first kappa shape index (κ1) is 19.5. The second kappa shape index (κ2) is 7.21. The number of aryl methyl sites for hydroxylation is 2. The minimum Gasteiger partial charge on any atom is -0.323 e. The van der Waals surface area contributed by atoms with Crippen LogP contribution in [-0.4, -0.2) is 40.3 Å². The van der Waals surface area contributed by atoms with Gasteiger partial charge in [-0.15, -0.1) is 5.10 Å². The van der Waals surface area contributed by atoms with Gasteiger partial charge in [0.05, 0.1) is 12.1 Å². The Labute approximate surface area is 167 Å². The molecule has 0 radical (unpaired) electrons. The van der Waals surface area contributed by atoms with Crippen molar-refractivity contribution in [3.8, 4) is 5.82 Å². The van der Waals surface area contributed by atoms with Crippen molar-refractivity contribution in [2.45, 2.75) is 26.4 Å². The van der Waals surface area contributed by atoms with Crippen molar-refractivity contribution in [1.29, 1.82) is 0 Å². The number of amides is 1. The highest BCUT2D eigenvalue weighted by Crippen LogP contribution is 2.27. The van der Waals surface area contributed by atoms with Gasteiger partial charge in [0.1, 0.15) is 0 Å². The lowest BCUT2D eigenvalue weighted by Crippen LogP contribution is -2.19. The predicted molar refractivity (Wildman–Crippen MR) is 99.0 cm³/mol. The van der Waals surface area contributed by atoms with Gasteiger partial charge in [0.25, 0.3) is 11.6 Å². The number of anilines is 1.